The van der Waals surface area contributed by atoms with Crippen molar-refractivity contribution in [2.45, 2.75) is 19.0 Å². The minimum atomic E-state index is -4.52. The lowest BCUT2D eigenvalue weighted by atomic mass is 10.1. The number of benzene rings is 1. The van der Waals surface area contributed by atoms with Crippen LogP contribution in [-0.4, -0.2) is 17.9 Å². The number of nitrogens with one attached hydrogen (secondary N) is 1. The Kier molecular flexibility index (Phi) is 5.53. The fourth-order valence-corrected chi connectivity index (χ4v) is 1.91. The van der Waals surface area contributed by atoms with Crippen LogP contribution in [-0.2, 0) is 11.0 Å². The highest BCUT2D eigenvalue weighted by Crippen LogP contribution is 2.35. The number of carbonyl (C=O) groups is 1. The molecule has 1 rings (SSSR count). The van der Waals surface area contributed by atoms with Crippen molar-refractivity contribution in [3.8, 4) is 0 Å². The van der Waals surface area contributed by atoms with Gasteiger partial charge >= 0.3 is 6.18 Å². The minimum Gasteiger partial charge on any atom is -0.398 e. The van der Waals surface area contributed by atoms with Gasteiger partial charge in [0.25, 0.3) is 0 Å². The summed E-state index contributed by atoms with van der Waals surface area (Å²) in [6, 6.07) is 3.35. The molecular formula is C12H15F3N2OS. The highest BCUT2D eigenvalue weighted by atomic mass is 32.2. The quantitative estimate of drug-likeness (QED) is 0.646. The van der Waals surface area contributed by atoms with E-state index in [1.165, 1.54) is 6.07 Å². The number of halogens is 3. The summed E-state index contributed by atoms with van der Waals surface area (Å²) in [7, 11) is 0. The number of hydrogen-bond donors (Lipinski definition) is 2. The third-order valence-corrected chi connectivity index (χ3v) is 3.09. The lowest BCUT2D eigenvalue weighted by molar-refractivity contribution is -0.136. The second-order valence-electron chi connectivity index (χ2n) is 3.94. The molecule has 3 N–H and O–H groups in total. The van der Waals surface area contributed by atoms with E-state index in [4.69, 9.17) is 5.73 Å². The van der Waals surface area contributed by atoms with E-state index >= 15 is 0 Å². The van der Waals surface area contributed by atoms with E-state index in [1.807, 2.05) is 6.26 Å². The number of alkyl halides is 3. The zero-order valence-electron chi connectivity index (χ0n) is 10.4. The van der Waals surface area contributed by atoms with E-state index < -0.39 is 11.7 Å². The Morgan fingerprint density at radius 2 is 2.11 bits per heavy atom. The molecule has 7 heteroatoms. The van der Waals surface area contributed by atoms with Crippen LogP contribution in [0.1, 0.15) is 18.4 Å². The molecule has 0 atom stereocenters. The Labute approximate surface area is 113 Å². The highest BCUT2D eigenvalue weighted by Gasteiger charge is 2.33. The number of hydrogen-bond acceptors (Lipinski definition) is 3. The zero-order valence-corrected chi connectivity index (χ0v) is 11.2. The van der Waals surface area contributed by atoms with Gasteiger partial charge in [-0.2, -0.15) is 24.9 Å². The molecular weight excluding hydrogens is 277 g/mol. The maximum absolute atomic E-state index is 12.6. The molecule has 106 valence electrons. The van der Waals surface area contributed by atoms with Gasteiger partial charge in [-0.3, -0.25) is 4.79 Å². The number of carbonyl (C=O) groups excluding carboxylic acids is 1. The predicted molar refractivity (Wildman–Crippen MR) is 72.1 cm³/mol. The zero-order chi connectivity index (χ0) is 14.5. The van der Waals surface area contributed by atoms with Crippen LogP contribution in [0, 0.1) is 0 Å². The Bertz CT molecular complexity index is 449. The van der Waals surface area contributed by atoms with Gasteiger partial charge in [0.1, 0.15) is 0 Å². The van der Waals surface area contributed by atoms with Crippen molar-refractivity contribution in [1.29, 1.82) is 0 Å². The molecule has 0 heterocycles. The maximum atomic E-state index is 12.6. The van der Waals surface area contributed by atoms with Crippen molar-refractivity contribution in [2.24, 2.45) is 0 Å². The lowest BCUT2D eigenvalue weighted by Gasteiger charge is -2.12. The van der Waals surface area contributed by atoms with Crippen molar-refractivity contribution in [1.82, 2.24) is 0 Å². The van der Waals surface area contributed by atoms with Crippen molar-refractivity contribution < 1.29 is 18.0 Å². The molecule has 3 nitrogen and oxygen atoms in total. The fraction of sp³-hybridized carbons (Fsp3) is 0.417. The molecule has 1 amide bonds. The number of amides is 1. The van der Waals surface area contributed by atoms with Crippen LogP contribution in [0.4, 0.5) is 24.5 Å². The smallest absolute Gasteiger partial charge is 0.398 e. The molecule has 19 heavy (non-hydrogen) atoms. The van der Waals surface area contributed by atoms with Crippen LogP contribution >= 0.6 is 11.8 Å². The first-order valence-electron chi connectivity index (χ1n) is 5.60. The Hall–Kier alpha value is -1.37. The molecule has 1 aromatic rings. The molecule has 0 unspecified atom stereocenters. The summed E-state index contributed by atoms with van der Waals surface area (Å²) in [6.45, 7) is 0. The third kappa shape index (κ3) is 5.02. The molecule has 0 saturated heterocycles. The van der Waals surface area contributed by atoms with Gasteiger partial charge in [0, 0.05) is 17.8 Å². The third-order valence-electron chi connectivity index (χ3n) is 2.39. The molecule has 0 saturated carbocycles. The number of nitrogen functional groups attached to an aromatic ring is 1. The van der Waals surface area contributed by atoms with Gasteiger partial charge in [-0.05, 0) is 36.6 Å². The van der Waals surface area contributed by atoms with Gasteiger partial charge < -0.3 is 11.1 Å². The second kappa shape index (κ2) is 6.70. The van der Waals surface area contributed by atoms with Crippen LogP contribution < -0.4 is 11.1 Å². The maximum Gasteiger partial charge on any atom is 0.418 e. The van der Waals surface area contributed by atoms with Crippen LogP contribution in [0.15, 0.2) is 18.2 Å². The van der Waals surface area contributed by atoms with E-state index in [0.29, 0.717) is 6.42 Å². The second-order valence-corrected chi connectivity index (χ2v) is 4.93. The minimum absolute atomic E-state index is 0.107. The lowest BCUT2D eigenvalue weighted by Crippen LogP contribution is -2.14. The van der Waals surface area contributed by atoms with Gasteiger partial charge in [0.2, 0.25) is 5.91 Å². The van der Waals surface area contributed by atoms with E-state index in [9.17, 15) is 18.0 Å². The Morgan fingerprint density at radius 3 is 2.68 bits per heavy atom. The van der Waals surface area contributed by atoms with E-state index in [0.717, 1.165) is 17.9 Å². The SMILES string of the molecule is CSCCCC(=O)Nc1ccc(N)c(C(F)(F)F)c1. The van der Waals surface area contributed by atoms with Crippen molar-refractivity contribution in [3.63, 3.8) is 0 Å². The molecule has 0 fully saturated rings. The predicted octanol–water partition coefficient (Wildman–Crippen LogP) is 3.37. The van der Waals surface area contributed by atoms with E-state index in [-0.39, 0.29) is 23.7 Å². The molecule has 1 aromatic carbocycles. The Morgan fingerprint density at radius 1 is 1.42 bits per heavy atom. The van der Waals surface area contributed by atoms with Gasteiger partial charge in [-0.25, -0.2) is 0 Å². The van der Waals surface area contributed by atoms with E-state index in [1.54, 1.807) is 11.8 Å². The van der Waals surface area contributed by atoms with Crippen LogP contribution in [0.5, 0.6) is 0 Å². The van der Waals surface area contributed by atoms with Crippen LogP contribution in [0.2, 0.25) is 0 Å². The average molecular weight is 292 g/mol. The number of thioether (sulfide) groups is 1. The molecule has 0 radical (unpaired) electrons. The Balaban J connectivity index is 2.72. The van der Waals surface area contributed by atoms with Crippen LogP contribution in [0.3, 0.4) is 0 Å². The molecule has 0 bridgehead atoms. The largest absolute Gasteiger partial charge is 0.418 e. The molecule has 0 spiro atoms. The van der Waals surface area contributed by atoms with E-state index in [2.05, 4.69) is 5.32 Å². The molecule has 0 aliphatic heterocycles. The summed E-state index contributed by atoms with van der Waals surface area (Å²) in [6.07, 6.45) is -1.63. The highest BCUT2D eigenvalue weighted by molar-refractivity contribution is 7.98. The summed E-state index contributed by atoms with van der Waals surface area (Å²) in [5, 5.41) is 2.44. The van der Waals surface area contributed by atoms with Gasteiger partial charge in [-0.15, -0.1) is 0 Å². The average Bonchev–Trinajstić information content (AvgIpc) is 2.30. The van der Waals surface area contributed by atoms with Gasteiger partial charge in [0.05, 0.1) is 5.56 Å². The van der Waals surface area contributed by atoms with Gasteiger partial charge in [0.15, 0.2) is 0 Å². The summed E-state index contributed by atoms with van der Waals surface area (Å²) in [5.74, 6) is 0.537. The number of rotatable bonds is 5. The summed E-state index contributed by atoms with van der Waals surface area (Å²) < 4.78 is 37.9. The van der Waals surface area contributed by atoms with Crippen LogP contribution in [0.25, 0.3) is 0 Å². The summed E-state index contributed by atoms with van der Waals surface area (Å²) >= 11 is 1.61. The number of anilines is 2. The summed E-state index contributed by atoms with van der Waals surface area (Å²) in [5.41, 5.74) is 4.09. The van der Waals surface area contributed by atoms with Gasteiger partial charge in [-0.1, -0.05) is 0 Å². The number of nitrogens with two attached hydrogens (primary N) is 1. The normalized spacial score (nSPS) is 11.4. The molecule has 0 aliphatic carbocycles. The van der Waals surface area contributed by atoms with Crippen molar-refractivity contribution >= 4 is 29.0 Å². The van der Waals surface area contributed by atoms with Crippen molar-refractivity contribution in [2.75, 3.05) is 23.1 Å². The first-order valence-corrected chi connectivity index (χ1v) is 6.99. The monoisotopic (exact) mass is 292 g/mol. The molecule has 0 aliphatic rings. The first-order chi connectivity index (χ1) is 8.84. The molecule has 0 aromatic heterocycles. The standard InChI is InChI=1S/C12H15F3N2OS/c1-19-6-2-3-11(18)17-8-4-5-10(16)9(7-8)12(13,14)15/h4-5,7H,2-3,6,16H2,1H3,(H,17,18). The first kappa shape index (κ1) is 15.7. The fourth-order valence-electron chi connectivity index (χ4n) is 1.48. The topological polar surface area (TPSA) is 55.1 Å². The summed E-state index contributed by atoms with van der Waals surface area (Å²) in [4.78, 5) is 11.5. The van der Waals surface area contributed by atoms with Crippen molar-refractivity contribution in [3.05, 3.63) is 23.8 Å².